The van der Waals surface area contributed by atoms with E-state index < -0.39 is 23.0 Å². The highest BCUT2D eigenvalue weighted by Gasteiger charge is 2.61. The maximum atomic E-state index is 13.5. The third-order valence-electron chi connectivity index (χ3n) is 11.9. The molecule has 1 N–H and O–H groups in total. The summed E-state index contributed by atoms with van der Waals surface area (Å²) in [6.45, 7) is 12.9. The number of carboxylic acid groups (broad SMARTS) is 1. The van der Waals surface area contributed by atoms with Crippen molar-refractivity contribution in [2.75, 3.05) is 6.54 Å². The van der Waals surface area contributed by atoms with Crippen molar-refractivity contribution in [3.63, 3.8) is 0 Å². The van der Waals surface area contributed by atoms with Crippen molar-refractivity contribution in [3.05, 3.63) is 11.6 Å². The molecule has 4 aliphatic carbocycles. The first kappa shape index (κ1) is 27.4. The third-order valence-corrected chi connectivity index (χ3v) is 11.9. The molecular formula is C31H46N2O5. The number of oxime groups is 1. The zero-order valence-electron chi connectivity index (χ0n) is 24.1. The fourth-order valence-corrected chi connectivity index (χ4v) is 9.87. The lowest BCUT2D eigenvalue weighted by Gasteiger charge is -2.58. The Kier molecular flexibility index (Phi) is 6.63. The predicted molar refractivity (Wildman–Crippen MR) is 146 cm³/mol. The monoisotopic (exact) mass is 526 g/mol. The van der Waals surface area contributed by atoms with Crippen LogP contribution in [0.3, 0.4) is 0 Å². The van der Waals surface area contributed by atoms with Gasteiger partial charge in [-0.1, -0.05) is 45.3 Å². The van der Waals surface area contributed by atoms with Crippen molar-refractivity contribution in [3.8, 4) is 0 Å². The van der Waals surface area contributed by atoms with E-state index in [9.17, 15) is 19.5 Å². The Hall–Kier alpha value is -2.18. The summed E-state index contributed by atoms with van der Waals surface area (Å²) in [5, 5.41) is 14.3. The summed E-state index contributed by atoms with van der Waals surface area (Å²) in [6, 6.07) is 0. The van der Waals surface area contributed by atoms with E-state index in [2.05, 4.69) is 19.0 Å². The van der Waals surface area contributed by atoms with Gasteiger partial charge in [-0.2, -0.15) is 0 Å². The van der Waals surface area contributed by atoms with Crippen LogP contribution >= 0.6 is 0 Å². The van der Waals surface area contributed by atoms with Crippen LogP contribution in [0.1, 0.15) is 106 Å². The van der Waals surface area contributed by atoms with Gasteiger partial charge in [0.05, 0.1) is 5.71 Å². The Bertz CT molecular complexity index is 1090. The van der Waals surface area contributed by atoms with Crippen LogP contribution in [-0.4, -0.2) is 45.6 Å². The van der Waals surface area contributed by atoms with E-state index in [1.165, 1.54) is 16.9 Å². The summed E-state index contributed by atoms with van der Waals surface area (Å²) in [6.07, 6.45) is 10.3. The highest BCUT2D eigenvalue weighted by molar-refractivity contribution is 5.92. The molecule has 210 valence electrons. The zero-order valence-corrected chi connectivity index (χ0v) is 24.1. The van der Waals surface area contributed by atoms with E-state index in [4.69, 9.17) is 4.84 Å². The van der Waals surface area contributed by atoms with Crippen LogP contribution in [0, 0.1) is 39.9 Å². The van der Waals surface area contributed by atoms with E-state index in [1.807, 2.05) is 33.8 Å². The Morgan fingerprint density at radius 2 is 1.79 bits per heavy atom. The minimum Gasteiger partial charge on any atom is -0.465 e. The molecule has 1 heterocycles. The van der Waals surface area contributed by atoms with Crippen molar-refractivity contribution in [2.24, 2.45) is 45.1 Å². The first-order valence-electron chi connectivity index (χ1n) is 14.8. The van der Waals surface area contributed by atoms with Crippen LogP contribution in [0.4, 0.5) is 4.79 Å². The molecule has 7 heteroatoms. The average molecular weight is 527 g/mol. The first-order valence-corrected chi connectivity index (χ1v) is 14.8. The van der Waals surface area contributed by atoms with Gasteiger partial charge in [-0.15, -0.1) is 0 Å². The largest absolute Gasteiger partial charge is 0.465 e. The summed E-state index contributed by atoms with van der Waals surface area (Å²) in [5.74, 6) is 1.91. The van der Waals surface area contributed by atoms with Crippen molar-refractivity contribution in [2.45, 2.75) is 111 Å². The van der Waals surface area contributed by atoms with E-state index in [-0.39, 0.29) is 16.7 Å². The average Bonchev–Trinajstić information content (AvgIpc) is 3.45. The van der Waals surface area contributed by atoms with Crippen molar-refractivity contribution in [1.82, 2.24) is 4.90 Å². The second kappa shape index (κ2) is 9.19. The molecule has 0 radical (unpaired) electrons. The fourth-order valence-electron chi connectivity index (χ4n) is 9.87. The standard InChI is InChI=1S/C31H46N2O5/c1-19(32-38-26(35)31(28(2,3)4)14-7-17-33(31)27(36)37)23-10-11-24-22-9-8-20-18-21(34)12-15-29(20,5)25(22)13-16-30(23,24)6/h18,22-25H,7-17H2,1-6H3,(H,36,37)/b32-19+/t22-,23+,24-,25-,29-,30+,31+/m0/s1. The maximum absolute atomic E-state index is 13.5. The van der Waals surface area contributed by atoms with Crippen LogP contribution in [0.2, 0.25) is 0 Å². The summed E-state index contributed by atoms with van der Waals surface area (Å²) in [5.41, 5.74) is 0.690. The number of hydrogen-bond donors (Lipinski definition) is 1. The number of carbonyl (C=O) groups excluding carboxylic acids is 2. The second-order valence-corrected chi connectivity index (χ2v) is 14.4. The summed E-state index contributed by atoms with van der Waals surface area (Å²) in [4.78, 5) is 44.6. The molecule has 5 aliphatic rings. The van der Waals surface area contributed by atoms with Gasteiger partial charge in [-0.3, -0.25) is 9.69 Å². The minimum atomic E-state index is -1.23. The van der Waals surface area contributed by atoms with Crippen LogP contribution in [0.25, 0.3) is 0 Å². The topological polar surface area (TPSA) is 96.3 Å². The quantitative estimate of drug-likeness (QED) is 0.253. The van der Waals surface area contributed by atoms with Gasteiger partial charge in [0.2, 0.25) is 0 Å². The van der Waals surface area contributed by atoms with Crippen LogP contribution < -0.4 is 0 Å². The number of fused-ring (bicyclic) bond motifs is 5. The van der Waals surface area contributed by atoms with E-state index in [0.29, 0.717) is 49.3 Å². The molecule has 1 aliphatic heterocycles. The molecule has 0 aromatic rings. The van der Waals surface area contributed by atoms with Crippen molar-refractivity contribution >= 4 is 23.6 Å². The third kappa shape index (κ3) is 3.89. The molecule has 38 heavy (non-hydrogen) atoms. The van der Waals surface area contributed by atoms with Crippen LogP contribution in [0.5, 0.6) is 0 Å². The lowest BCUT2D eigenvalue weighted by molar-refractivity contribution is -0.163. The van der Waals surface area contributed by atoms with Gasteiger partial charge in [0.25, 0.3) is 0 Å². The molecule has 0 aromatic heterocycles. The molecule has 7 nitrogen and oxygen atoms in total. The van der Waals surface area contributed by atoms with Gasteiger partial charge in [0.15, 0.2) is 11.3 Å². The smallest absolute Gasteiger partial charge is 0.408 e. The highest BCUT2D eigenvalue weighted by atomic mass is 16.7. The summed E-state index contributed by atoms with van der Waals surface area (Å²) < 4.78 is 0. The molecule has 1 amide bonds. The van der Waals surface area contributed by atoms with Gasteiger partial charge in [0.1, 0.15) is 0 Å². The van der Waals surface area contributed by atoms with E-state index in [0.717, 1.165) is 44.2 Å². The maximum Gasteiger partial charge on any atom is 0.408 e. The number of carbonyl (C=O) groups is 3. The van der Waals surface area contributed by atoms with E-state index in [1.54, 1.807) is 0 Å². The number of rotatable bonds is 3. The van der Waals surface area contributed by atoms with Gasteiger partial charge < -0.3 is 9.94 Å². The number of ketones is 1. The van der Waals surface area contributed by atoms with Crippen molar-refractivity contribution < 1.29 is 24.3 Å². The van der Waals surface area contributed by atoms with Crippen LogP contribution in [0.15, 0.2) is 16.8 Å². The zero-order chi connectivity index (χ0) is 27.7. The van der Waals surface area contributed by atoms with Gasteiger partial charge >= 0.3 is 12.1 Å². The molecule has 1 saturated heterocycles. The fraction of sp³-hybridized carbons (Fsp3) is 0.806. The Balaban J connectivity index is 1.34. The van der Waals surface area contributed by atoms with Crippen molar-refractivity contribution in [1.29, 1.82) is 0 Å². The molecule has 3 saturated carbocycles. The Morgan fingerprint density at radius 1 is 1.05 bits per heavy atom. The normalized spacial score (nSPS) is 41.2. The van der Waals surface area contributed by atoms with Gasteiger partial charge in [-0.25, -0.2) is 9.59 Å². The van der Waals surface area contributed by atoms with Gasteiger partial charge in [0, 0.05) is 18.9 Å². The summed E-state index contributed by atoms with van der Waals surface area (Å²) >= 11 is 0. The van der Waals surface area contributed by atoms with Crippen LogP contribution in [-0.2, 0) is 14.4 Å². The van der Waals surface area contributed by atoms with E-state index >= 15 is 0 Å². The lowest BCUT2D eigenvalue weighted by atomic mass is 9.46. The lowest BCUT2D eigenvalue weighted by Crippen LogP contribution is -2.61. The SMILES string of the molecule is C/C(=N\OC(=O)[C@@]1(C(C)(C)C)CCCN1C(=O)O)[C@H]1CC[C@H]2[C@@H]3CCC4=CC(=O)CC[C@]4(C)[C@H]3CC[C@]12C. The molecule has 0 spiro atoms. The molecule has 7 atom stereocenters. The molecule has 0 aromatic carbocycles. The molecule has 4 fully saturated rings. The molecule has 0 unspecified atom stereocenters. The molecule has 5 rings (SSSR count). The predicted octanol–water partition coefficient (Wildman–Crippen LogP) is 6.61. The molecule has 0 bridgehead atoms. The van der Waals surface area contributed by atoms with Gasteiger partial charge in [-0.05, 0) is 105 Å². The number of nitrogens with zero attached hydrogens (tertiary/aromatic N) is 2. The second-order valence-electron chi connectivity index (χ2n) is 14.4. The number of amides is 1. The number of likely N-dealkylation sites (tertiary alicyclic amines) is 1. The number of hydrogen-bond acceptors (Lipinski definition) is 5. The minimum absolute atomic E-state index is 0.116. The number of allylic oxidation sites excluding steroid dienone is 1. The molecular weight excluding hydrogens is 480 g/mol. The Morgan fingerprint density at radius 3 is 2.47 bits per heavy atom. The highest BCUT2D eigenvalue weighted by Crippen LogP contribution is 2.66. The Labute approximate surface area is 227 Å². The first-order chi connectivity index (χ1) is 17.8. The summed E-state index contributed by atoms with van der Waals surface area (Å²) in [7, 11) is 0.